The first-order valence-corrected chi connectivity index (χ1v) is 6.33. The van der Waals surface area contributed by atoms with Gasteiger partial charge < -0.3 is 5.11 Å². The van der Waals surface area contributed by atoms with Gasteiger partial charge in [0.1, 0.15) is 6.07 Å². The molecule has 6 heteroatoms. The molecule has 1 rings (SSSR count). The molecular formula is C10H4Br3NO2. The van der Waals surface area contributed by atoms with Crippen LogP contribution >= 0.6 is 47.8 Å². The van der Waals surface area contributed by atoms with Gasteiger partial charge in [0, 0.05) is 25.1 Å². The molecule has 0 unspecified atom stereocenters. The van der Waals surface area contributed by atoms with Gasteiger partial charge in [0.05, 0.1) is 5.57 Å². The van der Waals surface area contributed by atoms with E-state index in [0.29, 0.717) is 10.0 Å². The number of carbonyl (C=O) groups is 1. The molecule has 1 aromatic rings. The predicted octanol–water partition coefficient (Wildman–Crippen LogP) is 3.97. The van der Waals surface area contributed by atoms with E-state index in [1.165, 1.54) is 0 Å². The maximum atomic E-state index is 10.5. The summed E-state index contributed by atoms with van der Waals surface area (Å²) >= 11 is 9.88. The highest BCUT2D eigenvalue weighted by Gasteiger charge is 2.10. The molecular weight excluding hydrogens is 406 g/mol. The molecule has 0 spiro atoms. The van der Waals surface area contributed by atoms with E-state index < -0.39 is 5.97 Å². The second-order valence-electron chi connectivity index (χ2n) is 2.75. The fourth-order valence-corrected chi connectivity index (χ4v) is 2.57. The summed E-state index contributed by atoms with van der Waals surface area (Å²) < 4.78 is 2.21. The van der Waals surface area contributed by atoms with Crippen LogP contribution in [-0.4, -0.2) is 11.1 Å². The van der Waals surface area contributed by atoms with Crippen molar-refractivity contribution in [2.45, 2.75) is 0 Å². The third-order valence-corrected chi connectivity index (χ3v) is 4.19. The zero-order valence-electron chi connectivity index (χ0n) is 7.67. The number of hydrogen-bond donors (Lipinski definition) is 1. The third kappa shape index (κ3) is 3.17. The second kappa shape index (κ2) is 5.62. The summed E-state index contributed by atoms with van der Waals surface area (Å²) in [6.07, 6.45) is 0.875. The Hall–Kier alpha value is -0.640. The van der Waals surface area contributed by atoms with Gasteiger partial charge in [-0.3, -0.25) is 0 Å². The SMILES string of the molecule is N#CC(=CC(=O)O)c1cc(Br)c(Br)cc1Br. The van der Waals surface area contributed by atoms with Crippen molar-refractivity contribution in [2.75, 3.05) is 0 Å². The Morgan fingerprint density at radius 3 is 2.31 bits per heavy atom. The van der Waals surface area contributed by atoms with Crippen molar-refractivity contribution in [1.82, 2.24) is 0 Å². The Labute approximate surface area is 117 Å². The number of benzene rings is 1. The first kappa shape index (κ1) is 13.4. The van der Waals surface area contributed by atoms with Crippen LogP contribution in [0.1, 0.15) is 5.56 Å². The van der Waals surface area contributed by atoms with E-state index in [2.05, 4.69) is 47.8 Å². The number of allylic oxidation sites excluding steroid dienone is 1. The molecule has 0 saturated heterocycles. The van der Waals surface area contributed by atoms with Crippen LogP contribution in [0.3, 0.4) is 0 Å². The number of carboxylic acids is 1. The van der Waals surface area contributed by atoms with Gasteiger partial charge >= 0.3 is 5.97 Å². The Morgan fingerprint density at radius 2 is 1.81 bits per heavy atom. The van der Waals surface area contributed by atoms with E-state index in [1.807, 2.05) is 6.07 Å². The van der Waals surface area contributed by atoms with Crippen molar-refractivity contribution in [3.63, 3.8) is 0 Å². The zero-order valence-corrected chi connectivity index (χ0v) is 12.4. The van der Waals surface area contributed by atoms with Crippen LogP contribution < -0.4 is 0 Å². The fourth-order valence-electron chi connectivity index (χ4n) is 1.02. The van der Waals surface area contributed by atoms with Gasteiger partial charge in [-0.2, -0.15) is 5.26 Å². The minimum Gasteiger partial charge on any atom is -0.478 e. The quantitative estimate of drug-likeness (QED) is 0.457. The first-order chi connectivity index (χ1) is 7.45. The lowest BCUT2D eigenvalue weighted by Crippen LogP contribution is -1.92. The topological polar surface area (TPSA) is 61.1 Å². The Morgan fingerprint density at radius 1 is 1.25 bits per heavy atom. The normalized spacial score (nSPS) is 11.0. The highest BCUT2D eigenvalue weighted by molar-refractivity contribution is 9.13. The number of carboxylic acid groups (broad SMARTS) is 1. The standard InChI is InChI=1S/C10H4Br3NO2/c11-7-3-9(13)8(12)2-6(7)5(4-14)1-10(15)16/h1-3H,(H,15,16). The maximum absolute atomic E-state index is 10.5. The van der Waals surface area contributed by atoms with E-state index in [-0.39, 0.29) is 5.57 Å². The van der Waals surface area contributed by atoms with E-state index in [4.69, 9.17) is 10.4 Å². The van der Waals surface area contributed by atoms with Crippen LogP contribution in [-0.2, 0) is 4.79 Å². The maximum Gasteiger partial charge on any atom is 0.329 e. The van der Waals surface area contributed by atoms with Crippen molar-refractivity contribution in [3.8, 4) is 6.07 Å². The minimum atomic E-state index is -1.15. The van der Waals surface area contributed by atoms with Gasteiger partial charge in [-0.05, 0) is 44.0 Å². The molecule has 0 atom stereocenters. The highest BCUT2D eigenvalue weighted by atomic mass is 79.9. The molecule has 0 saturated carbocycles. The summed E-state index contributed by atoms with van der Waals surface area (Å²) in [6.45, 7) is 0. The van der Waals surface area contributed by atoms with E-state index in [0.717, 1.165) is 15.0 Å². The summed E-state index contributed by atoms with van der Waals surface area (Å²) in [5.74, 6) is -1.15. The van der Waals surface area contributed by atoms with Crippen molar-refractivity contribution in [3.05, 3.63) is 37.2 Å². The van der Waals surface area contributed by atoms with Gasteiger partial charge in [-0.1, -0.05) is 15.9 Å². The molecule has 3 nitrogen and oxygen atoms in total. The van der Waals surface area contributed by atoms with E-state index >= 15 is 0 Å². The third-order valence-electron chi connectivity index (χ3n) is 1.69. The fraction of sp³-hybridized carbons (Fsp3) is 0. The van der Waals surface area contributed by atoms with E-state index in [1.54, 1.807) is 12.1 Å². The van der Waals surface area contributed by atoms with Crippen LogP contribution in [0.4, 0.5) is 0 Å². The predicted molar refractivity (Wildman–Crippen MR) is 70.8 cm³/mol. The van der Waals surface area contributed by atoms with Crippen molar-refractivity contribution >= 4 is 59.3 Å². The van der Waals surface area contributed by atoms with Crippen molar-refractivity contribution in [2.24, 2.45) is 0 Å². The molecule has 16 heavy (non-hydrogen) atoms. The number of nitriles is 1. The van der Waals surface area contributed by atoms with Gasteiger partial charge in [0.15, 0.2) is 0 Å². The Bertz CT molecular complexity index is 518. The summed E-state index contributed by atoms with van der Waals surface area (Å²) in [7, 11) is 0. The van der Waals surface area contributed by atoms with Gasteiger partial charge in [-0.15, -0.1) is 0 Å². The molecule has 0 aliphatic rings. The van der Waals surface area contributed by atoms with Crippen molar-refractivity contribution < 1.29 is 9.90 Å². The van der Waals surface area contributed by atoms with Gasteiger partial charge in [0.2, 0.25) is 0 Å². The average Bonchev–Trinajstić information content (AvgIpc) is 2.20. The molecule has 1 N–H and O–H groups in total. The van der Waals surface area contributed by atoms with Crippen LogP contribution in [0.5, 0.6) is 0 Å². The summed E-state index contributed by atoms with van der Waals surface area (Å²) in [4.78, 5) is 10.5. The van der Waals surface area contributed by atoms with Gasteiger partial charge in [0.25, 0.3) is 0 Å². The van der Waals surface area contributed by atoms with Crippen LogP contribution in [0.15, 0.2) is 31.6 Å². The molecule has 0 aliphatic heterocycles. The number of nitrogens with zero attached hydrogens (tertiary/aromatic N) is 1. The summed E-state index contributed by atoms with van der Waals surface area (Å²) in [6, 6.07) is 5.27. The molecule has 0 amide bonds. The summed E-state index contributed by atoms with van der Waals surface area (Å²) in [5, 5.41) is 17.5. The minimum absolute atomic E-state index is 0.0903. The molecule has 0 fully saturated rings. The number of aliphatic carboxylic acids is 1. The van der Waals surface area contributed by atoms with Crippen LogP contribution in [0, 0.1) is 11.3 Å². The molecule has 0 bridgehead atoms. The molecule has 0 heterocycles. The molecule has 0 radical (unpaired) electrons. The smallest absolute Gasteiger partial charge is 0.329 e. The lowest BCUT2D eigenvalue weighted by molar-refractivity contribution is -0.131. The second-order valence-corrected chi connectivity index (χ2v) is 5.32. The first-order valence-electron chi connectivity index (χ1n) is 3.95. The largest absolute Gasteiger partial charge is 0.478 e. The van der Waals surface area contributed by atoms with E-state index in [9.17, 15) is 4.79 Å². The molecule has 1 aromatic carbocycles. The van der Waals surface area contributed by atoms with Crippen molar-refractivity contribution in [1.29, 1.82) is 5.26 Å². The van der Waals surface area contributed by atoms with Crippen LogP contribution in [0.2, 0.25) is 0 Å². The Kier molecular flexibility index (Phi) is 4.71. The highest BCUT2D eigenvalue weighted by Crippen LogP contribution is 2.33. The monoisotopic (exact) mass is 407 g/mol. The lowest BCUT2D eigenvalue weighted by atomic mass is 10.1. The average molecular weight is 410 g/mol. The molecule has 0 aliphatic carbocycles. The Balaban J connectivity index is 3.38. The summed E-state index contributed by atoms with van der Waals surface area (Å²) in [5.41, 5.74) is 0.618. The number of halogens is 3. The van der Waals surface area contributed by atoms with Gasteiger partial charge in [-0.25, -0.2) is 4.79 Å². The molecule has 0 aromatic heterocycles. The molecule has 82 valence electrons. The number of rotatable bonds is 2. The lowest BCUT2D eigenvalue weighted by Gasteiger charge is -2.05. The number of hydrogen-bond acceptors (Lipinski definition) is 2. The van der Waals surface area contributed by atoms with Crippen LogP contribution in [0.25, 0.3) is 5.57 Å². The zero-order chi connectivity index (χ0) is 12.3.